The van der Waals surface area contributed by atoms with Gasteiger partial charge in [-0.2, -0.15) is 4.31 Å². The van der Waals surface area contributed by atoms with Crippen LogP contribution in [-0.2, 0) is 14.8 Å². The number of halogens is 1. The Labute approximate surface area is 123 Å². The average molecular weight is 319 g/mol. The molecule has 0 amide bonds. The number of sulfonamides is 1. The summed E-state index contributed by atoms with van der Waals surface area (Å²) in [4.78, 5) is 10.3. The Balaban J connectivity index is 3.33. The number of carboxylic acid groups (broad SMARTS) is 1. The van der Waals surface area contributed by atoms with Crippen LogP contribution in [0, 0.1) is 5.82 Å². The van der Waals surface area contributed by atoms with Gasteiger partial charge in [-0.25, -0.2) is 17.6 Å². The molecule has 0 spiro atoms. The molecule has 6 nitrogen and oxygen atoms in total. The zero-order valence-corrected chi connectivity index (χ0v) is 12.9. The molecule has 0 fully saturated rings. The summed E-state index contributed by atoms with van der Waals surface area (Å²) < 4.78 is 44.8. The number of benzene rings is 1. The first kappa shape index (κ1) is 17.5. The molecule has 0 atom stereocenters. The van der Waals surface area contributed by atoms with Gasteiger partial charge in [0.15, 0.2) is 0 Å². The molecule has 0 saturated heterocycles. The molecule has 118 valence electrons. The van der Waals surface area contributed by atoms with Crippen molar-refractivity contribution in [3.63, 3.8) is 0 Å². The van der Waals surface area contributed by atoms with E-state index >= 15 is 0 Å². The number of hydrogen-bond donors (Lipinski definition) is 1. The highest BCUT2D eigenvalue weighted by molar-refractivity contribution is 7.89. The van der Waals surface area contributed by atoms with E-state index in [1.54, 1.807) is 13.8 Å². The molecule has 8 heteroatoms. The molecule has 1 N–H and O–H groups in total. The van der Waals surface area contributed by atoms with Crippen LogP contribution in [-0.4, -0.2) is 50.1 Å². The van der Waals surface area contributed by atoms with Crippen molar-refractivity contribution >= 4 is 16.0 Å². The summed E-state index contributed by atoms with van der Waals surface area (Å²) in [7, 11) is -2.72. The SMILES string of the molecule is COCCN(C(C)C)S(=O)(=O)c1cc(C(=O)O)ccc1F. The van der Waals surface area contributed by atoms with Crippen LogP contribution in [0.1, 0.15) is 24.2 Å². The predicted molar refractivity (Wildman–Crippen MR) is 74.3 cm³/mol. The number of ether oxygens (including phenoxy) is 1. The van der Waals surface area contributed by atoms with E-state index in [2.05, 4.69) is 0 Å². The lowest BCUT2D eigenvalue weighted by molar-refractivity contribution is 0.0696. The molecular weight excluding hydrogens is 301 g/mol. The molecule has 0 radical (unpaired) electrons. The van der Waals surface area contributed by atoms with E-state index in [9.17, 15) is 17.6 Å². The van der Waals surface area contributed by atoms with E-state index in [0.717, 1.165) is 22.5 Å². The van der Waals surface area contributed by atoms with Crippen LogP contribution in [0.4, 0.5) is 4.39 Å². The molecule has 0 heterocycles. The topological polar surface area (TPSA) is 83.9 Å². The predicted octanol–water partition coefficient (Wildman–Crippen LogP) is 1.57. The molecule has 0 aliphatic heterocycles. The van der Waals surface area contributed by atoms with Gasteiger partial charge in [-0.3, -0.25) is 0 Å². The third-order valence-corrected chi connectivity index (χ3v) is 4.95. The number of nitrogens with zero attached hydrogens (tertiary/aromatic N) is 1. The zero-order chi connectivity index (χ0) is 16.2. The summed E-state index contributed by atoms with van der Waals surface area (Å²) in [6.07, 6.45) is 0. The minimum absolute atomic E-state index is 0.0488. The van der Waals surface area contributed by atoms with Crippen LogP contribution < -0.4 is 0 Å². The van der Waals surface area contributed by atoms with Gasteiger partial charge >= 0.3 is 5.97 Å². The Hall–Kier alpha value is -1.51. The Morgan fingerprint density at radius 1 is 1.43 bits per heavy atom. The van der Waals surface area contributed by atoms with Crippen LogP contribution in [0.15, 0.2) is 23.1 Å². The fourth-order valence-corrected chi connectivity index (χ4v) is 3.51. The van der Waals surface area contributed by atoms with Gasteiger partial charge in [-0.15, -0.1) is 0 Å². The number of carboxylic acids is 1. The number of methoxy groups -OCH3 is 1. The normalized spacial score (nSPS) is 12.1. The molecule has 1 aromatic rings. The summed E-state index contributed by atoms with van der Waals surface area (Å²) in [5.41, 5.74) is -0.287. The fourth-order valence-electron chi connectivity index (χ4n) is 1.80. The maximum Gasteiger partial charge on any atom is 0.335 e. The molecule has 0 aliphatic rings. The summed E-state index contributed by atoms with van der Waals surface area (Å²) in [6.45, 7) is 3.49. The first-order valence-electron chi connectivity index (χ1n) is 6.25. The highest BCUT2D eigenvalue weighted by Crippen LogP contribution is 2.22. The number of aromatic carboxylic acids is 1. The van der Waals surface area contributed by atoms with Crippen molar-refractivity contribution in [1.82, 2.24) is 4.31 Å². The van der Waals surface area contributed by atoms with Crippen molar-refractivity contribution in [3.05, 3.63) is 29.6 Å². The van der Waals surface area contributed by atoms with Crippen LogP contribution >= 0.6 is 0 Å². The number of carbonyl (C=O) groups is 1. The molecule has 0 saturated carbocycles. The maximum atomic E-state index is 13.8. The van der Waals surface area contributed by atoms with Crippen LogP contribution in [0.2, 0.25) is 0 Å². The fraction of sp³-hybridized carbons (Fsp3) is 0.462. The molecule has 0 unspecified atom stereocenters. The Bertz CT molecular complexity index is 615. The van der Waals surface area contributed by atoms with Gasteiger partial charge in [0.25, 0.3) is 0 Å². The largest absolute Gasteiger partial charge is 0.478 e. The third kappa shape index (κ3) is 3.99. The Morgan fingerprint density at radius 2 is 2.05 bits per heavy atom. The molecule has 21 heavy (non-hydrogen) atoms. The van der Waals surface area contributed by atoms with Crippen molar-refractivity contribution in [2.75, 3.05) is 20.3 Å². The van der Waals surface area contributed by atoms with Crippen LogP contribution in [0.5, 0.6) is 0 Å². The molecular formula is C13H18FNO5S. The molecule has 1 aromatic carbocycles. The van der Waals surface area contributed by atoms with Gasteiger partial charge in [0.1, 0.15) is 10.7 Å². The Morgan fingerprint density at radius 3 is 2.52 bits per heavy atom. The van der Waals surface area contributed by atoms with Crippen molar-refractivity contribution < 1.29 is 27.4 Å². The summed E-state index contributed by atoms with van der Waals surface area (Å²) in [6, 6.07) is 2.27. The maximum absolute atomic E-state index is 13.8. The summed E-state index contributed by atoms with van der Waals surface area (Å²) >= 11 is 0. The average Bonchev–Trinajstić information content (AvgIpc) is 2.38. The monoisotopic (exact) mass is 319 g/mol. The second-order valence-corrected chi connectivity index (χ2v) is 6.51. The highest BCUT2D eigenvalue weighted by atomic mass is 32.2. The van der Waals surface area contributed by atoms with Gasteiger partial charge < -0.3 is 9.84 Å². The van der Waals surface area contributed by atoms with Gasteiger partial charge in [0.05, 0.1) is 12.2 Å². The highest BCUT2D eigenvalue weighted by Gasteiger charge is 2.30. The van der Waals surface area contributed by atoms with Gasteiger partial charge in [-0.1, -0.05) is 0 Å². The summed E-state index contributed by atoms with van der Waals surface area (Å²) in [5, 5.41) is 8.90. The quantitative estimate of drug-likeness (QED) is 0.824. The lowest BCUT2D eigenvalue weighted by atomic mass is 10.2. The molecule has 0 aromatic heterocycles. The Kier molecular flexibility index (Phi) is 5.82. The van der Waals surface area contributed by atoms with E-state index < -0.39 is 32.7 Å². The van der Waals surface area contributed by atoms with Crippen molar-refractivity contribution in [2.45, 2.75) is 24.8 Å². The lowest BCUT2D eigenvalue weighted by Crippen LogP contribution is -2.39. The van der Waals surface area contributed by atoms with E-state index in [1.807, 2.05) is 0 Å². The molecule has 0 bridgehead atoms. The smallest absolute Gasteiger partial charge is 0.335 e. The standard InChI is InChI=1S/C13H18FNO5S/c1-9(2)15(6-7-20-3)21(18,19)12-8-10(13(16)17)4-5-11(12)14/h4-5,8-9H,6-7H2,1-3H3,(H,16,17). The molecule has 0 aliphatic carbocycles. The first-order chi connectivity index (χ1) is 9.71. The van der Waals surface area contributed by atoms with E-state index in [4.69, 9.17) is 9.84 Å². The van der Waals surface area contributed by atoms with Gasteiger partial charge in [0, 0.05) is 19.7 Å². The lowest BCUT2D eigenvalue weighted by Gasteiger charge is -2.25. The number of hydrogen-bond acceptors (Lipinski definition) is 4. The minimum Gasteiger partial charge on any atom is -0.478 e. The van der Waals surface area contributed by atoms with Crippen molar-refractivity contribution in [3.8, 4) is 0 Å². The van der Waals surface area contributed by atoms with Crippen LogP contribution in [0.3, 0.4) is 0 Å². The van der Waals surface area contributed by atoms with Crippen LogP contribution in [0.25, 0.3) is 0 Å². The minimum atomic E-state index is -4.14. The molecule has 1 rings (SSSR count). The van der Waals surface area contributed by atoms with Crippen molar-refractivity contribution in [2.24, 2.45) is 0 Å². The van der Waals surface area contributed by atoms with E-state index in [1.165, 1.54) is 7.11 Å². The second kappa shape index (κ2) is 6.97. The van der Waals surface area contributed by atoms with Gasteiger partial charge in [-0.05, 0) is 32.0 Å². The zero-order valence-electron chi connectivity index (χ0n) is 12.0. The van der Waals surface area contributed by atoms with Gasteiger partial charge in [0.2, 0.25) is 10.0 Å². The van der Waals surface area contributed by atoms with E-state index in [-0.39, 0.29) is 18.7 Å². The number of rotatable bonds is 7. The van der Waals surface area contributed by atoms with E-state index in [0.29, 0.717) is 0 Å². The third-order valence-electron chi connectivity index (χ3n) is 2.86. The summed E-state index contributed by atoms with van der Waals surface area (Å²) in [5.74, 6) is -2.30. The first-order valence-corrected chi connectivity index (χ1v) is 7.69. The van der Waals surface area contributed by atoms with Crippen molar-refractivity contribution in [1.29, 1.82) is 0 Å². The second-order valence-electron chi connectivity index (χ2n) is 4.65.